The molecule has 0 aliphatic carbocycles. The molecule has 0 bridgehead atoms. The van der Waals surface area contributed by atoms with E-state index >= 15 is 0 Å². The topological polar surface area (TPSA) is 70.4 Å². The predicted octanol–water partition coefficient (Wildman–Crippen LogP) is 1.19. The Kier molecular flexibility index (Phi) is 3.11. The van der Waals surface area contributed by atoms with Crippen LogP contribution in [0.2, 0.25) is 0 Å². The lowest BCUT2D eigenvalue weighted by atomic mass is 10.3. The van der Waals surface area contributed by atoms with Gasteiger partial charge in [0.15, 0.2) is 17.3 Å². The third-order valence-corrected chi connectivity index (χ3v) is 3.66. The van der Waals surface area contributed by atoms with E-state index in [-0.39, 0.29) is 6.79 Å². The van der Waals surface area contributed by atoms with Gasteiger partial charge >= 0.3 is 0 Å². The first-order valence-corrected chi connectivity index (χ1v) is 7.02. The summed E-state index contributed by atoms with van der Waals surface area (Å²) in [5, 5.41) is 11.8. The molecule has 110 valence electrons. The van der Waals surface area contributed by atoms with Crippen molar-refractivity contribution in [3.8, 4) is 11.5 Å². The second-order valence-electron chi connectivity index (χ2n) is 4.97. The summed E-state index contributed by atoms with van der Waals surface area (Å²) in [5.74, 6) is 3.48. The van der Waals surface area contributed by atoms with Gasteiger partial charge in [0.2, 0.25) is 6.79 Å². The van der Waals surface area contributed by atoms with Crippen molar-refractivity contribution in [3.63, 3.8) is 0 Å². The van der Waals surface area contributed by atoms with Gasteiger partial charge < -0.3 is 24.1 Å². The average Bonchev–Trinajstić information content (AvgIpc) is 3.05. The maximum absolute atomic E-state index is 5.46. The standard InChI is InChI=1S/C14H16N4O3/c1-2-11-12(21-9-20-11)7-10(1)15-8-14-17-16-13-3-5-19-6-4-18(13)14/h1-2,7,15H,3-6,8-9H2. The van der Waals surface area contributed by atoms with E-state index in [1.54, 1.807) is 0 Å². The van der Waals surface area contributed by atoms with Gasteiger partial charge in [0.1, 0.15) is 5.82 Å². The van der Waals surface area contributed by atoms with Crippen LogP contribution in [0.5, 0.6) is 11.5 Å². The normalized spacial score (nSPS) is 16.4. The van der Waals surface area contributed by atoms with Gasteiger partial charge in [-0.2, -0.15) is 0 Å². The van der Waals surface area contributed by atoms with Crippen LogP contribution in [0.4, 0.5) is 5.69 Å². The van der Waals surface area contributed by atoms with E-state index in [1.165, 1.54) is 0 Å². The fourth-order valence-corrected chi connectivity index (χ4v) is 2.56. The van der Waals surface area contributed by atoms with Crippen molar-refractivity contribution in [2.24, 2.45) is 0 Å². The lowest BCUT2D eigenvalue weighted by Gasteiger charge is -2.09. The molecule has 7 heteroatoms. The molecular formula is C14H16N4O3. The molecule has 2 aliphatic rings. The molecule has 21 heavy (non-hydrogen) atoms. The molecule has 0 saturated carbocycles. The van der Waals surface area contributed by atoms with Crippen molar-refractivity contribution in [1.82, 2.24) is 14.8 Å². The van der Waals surface area contributed by atoms with Crippen LogP contribution < -0.4 is 14.8 Å². The zero-order valence-electron chi connectivity index (χ0n) is 11.5. The van der Waals surface area contributed by atoms with E-state index in [1.807, 2.05) is 18.2 Å². The Morgan fingerprint density at radius 1 is 1.14 bits per heavy atom. The van der Waals surface area contributed by atoms with Gasteiger partial charge in [0.25, 0.3) is 0 Å². The Labute approximate surface area is 121 Å². The Morgan fingerprint density at radius 3 is 3.10 bits per heavy atom. The first-order valence-electron chi connectivity index (χ1n) is 7.02. The molecule has 0 atom stereocenters. The van der Waals surface area contributed by atoms with Crippen molar-refractivity contribution < 1.29 is 14.2 Å². The van der Waals surface area contributed by atoms with Crippen molar-refractivity contribution in [3.05, 3.63) is 29.8 Å². The highest BCUT2D eigenvalue weighted by Crippen LogP contribution is 2.34. The minimum Gasteiger partial charge on any atom is -0.454 e. The van der Waals surface area contributed by atoms with Gasteiger partial charge in [-0.3, -0.25) is 0 Å². The minimum atomic E-state index is 0.288. The highest BCUT2D eigenvalue weighted by Gasteiger charge is 2.16. The number of ether oxygens (including phenoxy) is 3. The van der Waals surface area contributed by atoms with Crippen LogP contribution in [0.1, 0.15) is 11.6 Å². The number of benzene rings is 1. The van der Waals surface area contributed by atoms with Gasteiger partial charge in [0, 0.05) is 24.7 Å². The molecule has 7 nitrogen and oxygen atoms in total. The summed E-state index contributed by atoms with van der Waals surface area (Å²) in [6.07, 6.45) is 0.816. The molecule has 0 radical (unpaired) electrons. The number of nitrogens with one attached hydrogen (secondary N) is 1. The van der Waals surface area contributed by atoms with Crippen molar-refractivity contribution >= 4 is 5.69 Å². The summed E-state index contributed by atoms with van der Waals surface area (Å²) in [7, 11) is 0. The molecule has 3 heterocycles. The molecule has 1 N–H and O–H groups in total. The quantitative estimate of drug-likeness (QED) is 0.915. The highest BCUT2D eigenvalue weighted by molar-refractivity contribution is 5.55. The van der Waals surface area contributed by atoms with Gasteiger partial charge in [-0.1, -0.05) is 0 Å². The van der Waals surface area contributed by atoms with Crippen LogP contribution in [0, 0.1) is 0 Å². The molecular weight excluding hydrogens is 272 g/mol. The third kappa shape index (κ3) is 2.40. The van der Waals surface area contributed by atoms with Crippen LogP contribution in [-0.4, -0.2) is 34.8 Å². The largest absolute Gasteiger partial charge is 0.454 e. The molecule has 2 aromatic rings. The number of rotatable bonds is 3. The average molecular weight is 288 g/mol. The van der Waals surface area contributed by atoms with E-state index in [0.717, 1.165) is 41.8 Å². The fourth-order valence-electron chi connectivity index (χ4n) is 2.56. The zero-order valence-corrected chi connectivity index (χ0v) is 11.5. The van der Waals surface area contributed by atoms with Crippen LogP contribution >= 0.6 is 0 Å². The lowest BCUT2D eigenvalue weighted by molar-refractivity contribution is 0.139. The number of anilines is 1. The Morgan fingerprint density at radius 2 is 2.10 bits per heavy atom. The summed E-state index contributed by atoms with van der Waals surface area (Å²) < 4.78 is 18.3. The number of aromatic nitrogens is 3. The predicted molar refractivity (Wildman–Crippen MR) is 74.4 cm³/mol. The van der Waals surface area contributed by atoms with Crippen LogP contribution in [-0.2, 0) is 24.2 Å². The number of nitrogens with zero attached hydrogens (tertiary/aromatic N) is 3. The molecule has 1 aromatic heterocycles. The summed E-state index contributed by atoms with van der Waals surface area (Å²) in [4.78, 5) is 0. The van der Waals surface area contributed by atoms with Gasteiger partial charge in [-0.25, -0.2) is 0 Å². The second-order valence-corrected chi connectivity index (χ2v) is 4.97. The molecule has 0 saturated heterocycles. The first-order chi connectivity index (χ1) is 10.4. The first kappa shape index (κ1) is 12.5. The summed E-state index contributed by atoms with van der Waals surface area (Å²) in [6.45, 7) is 3.14. The molecule has 1 aromatic carbocycles. The highest BCUT2D eigenvalue weighted by atomic mass is 16.7. The molecule has 2 aliphatic heterocycles. The summed E-state index contributed by atoms with van der Waals surface area (Å²) in [5.41, 5.74) is 0.974. The Balaban J connectivity index is 1.48. The van der Waals surface area contributed by atoms with Crippen LogP contribution in [0.3, 0.4) is 0 Å². The van der Waals surface area contributed by atoms with Gasteiger partial charge in [-0.15, -0.1) is 10.2 Å². The van der Waals surface area contributed by atoms with E-state index < -0.39 is 0 Å². The van der Waals surface area contributed by atoms with E-state index in [0.29, 0.717) is 19.8 Å². The maximum Gasteiger partial charge on any atom is 0.231 e. The SMILES string of the molecule is c1cc2c(cc1NCc1nnc3n1CCOCC3)OCO2. The van der Waals surface area contributed by atoms with Crippen LogP contribution in [0.25, 0.3) is 0 Å². The van der Waals surface area contributed by atoms with Crippen molar-refractivity contribution in [2.75, 3.05) is 25.3 Å². The molecule has 0 fully saturated rings. The van der Waals surface area contributed by atoms with Crippen molar-refractivity contribution in [2.45, 2.75) is 19.5 Å². The van der Waals surface area contributed by atoms with Gasteiger partial charge in [0.05, 0.1) is 19.8 Å². The zero-order chi connectivity index (χ0) is 14.1. The molecule has 4 rings (SSSR count). The molecule has 0 unspecified atom stereocenters. The molecule has 0 spiro atoms. The van der Waals surface area contributed by atoms with Gasteiger partial charge in [-0.05, 0) is 12.1 Å². The van der Waals surface area contributed by atoms with E-state index in [4.69, 9.17) is 14.2 Å². The summed E-state index contributed by atoms with van der Waals surface area (Å²) in [6, 6.07) is 5.81. The van der Waals surface area contributed by atoms with Crippen LogP contribution in [0.15, 0.2) is 18.2 Å². The summed E-state index contributed by atoms with van der Waals surface area (Å²) >= 11 is 0. The smallest absolute Gasteiger partial charge is 0.231 e. The number of fused-ring (bicyclic) bond motifs is 2. The molecule has 0 amide bonds. The lowest BCUT2D eigenvalue weighted by Crippen LogP contribution is -2.12. The third-order valence-electron chi connectivity index (χ3n) is 3.66. The second kappa shape index (κ2) is 5.25. The maximum atomic E-state index is 5.46. The van der Waals surface area contributed by atoms with E-state index in [9.17, 15) is 0 Å². The fraction of sp³-hybridized carbons (Fsp3) is 0.429. The Bertz CT molecular complexity index is 656. The van der Waals surface area contributed by atoms with Crippen molar-refractivity contribution in [1.29, 1.82) is 0 Å². The number of hydrogen-bond acceptors (Lipinski definition) is 6. The Hall–Kier alpha value is -2.28. The minimum absolute atomic E-state index is 0.288. The van der Waals surface area contributed by atoms with E-state index in [2.05, 4.69) is 20.1 Å². The monoisotopic (exact) mass is 288 g/mol. The number of hydrogen-bond donors (Lipinski definition) is 1.